The van der Waals surface area contributed by atoms with E-state index < -0.39 is 194 Å². The van der Waals surface area contributed by atoms with Crippen LogP contribution in [0.4, 0.5) is 13.6 Å². The minimum atomic E-state index is -5.31. The third-order valence-electron chi connectivity index (χ3n) is 22.9. The summed E-state index contributed by atoms with van der Waals surface area (Å²) in [6.07, 6.45) is 6.21. The van der Waals surface area contributed by atoms with Crippen molar-refractivity contribution in [3.8, 4) is 28.7 Å². The van der Waals surface area contributed by atoms with Gasteiger partial charge in [-0.25, -0.2) is 18.4 Å². The SMILES string of the molecule is C=C1Oc2ccc(C3OP(=O)(O)C(O)(Cc4cccnc4)P(=O)(O)O3)cc2O1.CC(C)=CC(=O)Oc1ccc(C2OP(=O)(O)C(O)(Cc3cccnc3)P(=O)(O)O2)cc1.Cc1cc(F)c(C2OP(=O)(O)C(O)(Cc3cccnc3)P(=O)(O)O2)c(F)c1.O=C(Oc1ccc(C2OP(=O)(O)C(O)(Cc3cccnc3)P(=O)(O)O2)cc1)C1CC1.O=C(Oc1ccc(C2OP(=O)(O)C(O)(Cc3cccnc3)P(=O)(O)O2)cc1)N1CCCCC1. The minimum Gasteiger partial charge on any atom is -0.426 e. The molecule has 1 aliphatic carbocycles. The molecule has 12 heterocycles. The van der Waals surface area contributed by atoms with Gasteiger partial charge in [-0.05, 0) is 190 Å². The summed E-state index contributed by atoms with van der Waals surface area (Å²) in [5.41, 5.74) is 1.60. The summed E-state index contributed by atoms with van der Waals surface area (Å²) in [5.74, 6) is -2.16. The number of allylic oxidation sites excluding steroid dienone is 1. The number of benzene rings is 5. The number of rotatable bonds is 20. The maximum absolute atomic E-state index is 14.1. The van der Waals surface area contributed by atoms with E-state index in [1.807, 2.05) is 0 Å². The van der Waals surface area contributed by atoms with E-state index in [1.165, 1.54) is 227 Å². The number of esters is 2. The predicted molar refractivity (Wildman–Crippen MR) is 509 cm³/mol. The van der Waals surface area contributed by atoms with Crippen molar-refractivity contribution >= 4 is 94.0 Å². The number of amides is 1. The van der Waals surface area contributed by atoms with Crippen molar-refractivity contribution in [2.24, 2.45) is 5.92 Å². The fourth-order valence-electron chi connectivity index (χ4n) is 14.8. The van der Waals surface area contributed by atoms with Gasteiger partial charge >= 0.3 is 94.0 Å². The van der Waals surface area contributed by atoms with Crippen LogP contribution in [0.3, 0.4) is 0 Å². The van der Waals surface area contributed by atoms with Gasteiger partial charge in [0.1, 0.15) is 28.9 Å². The molecule has 10 aromatic rings. The monoisotopic (exact) mass is 2270 g/mol. The lowest BCUT2D eigenvalue weighted by atomic mass is 10.1. The molecule has 7 aliphatic heterocycles. The summed E-state index contributed by atoms with van der Waals surface area (Å²) in [6.45, 7) is 9.62. The Kier molecular flexibility index (Phi) is 34.8. The molecule has 8 aliphatic rings. The number of likely N-dealkylation sites (tertiary alicyclic amines) is 1. The van der Waals surface area contributed by atoms with Crippen LogP contribution in [0.25, 0.3) is 0 Å². The molecule has 0 bridgehead atoms. The van der Waals surface area contributed by atoms with Crippen LogP contribution < -0.4 is 23.7 Å². The summed E-state index contributed by atoms with van der Waals surface area (Å²) in [7, 11) is -51.1. The van der Waals surface area contributed by atoms with Crippen LogP contribution in [0.2, 0.25) is 0 Å². The molecule has 5 aromatic carbocycles. The molecule has 61 heteroatoms. The van der Waals surface area contributed by atoms with E-state index in [-0.39, 0.29) is 96.5 Å². The van der Waals surface area contributed by atoms with E-state index in [0.717, 1.165) is 49.8 Å². The Morgan fingerprint density at radius 3 is 0.946 bits per heavy atom. The number of piperidine rings is 1. The summed E-state index contributed by atoms with van der Waals surface area (Å²) in [6, 6.07) is 37.2. The zero-order valence-electron chi connectivity index (χ0n) is 77.6. The van der Waals surface area contributed by atoms with E-state index in [4.69, 9.17) is 68.9 Å². The zero-order chi connectivity index (χ0) is 108. The second-order valence-corrected chi connectivity index (χ2v) is 56.0. The van der Waals surface area contributed by atoms with Gasteiger partial charge in [0.2, 0.25) is 31.5 Å². The van der Waals surface area contributed by atoms with E-state index in [0.29, 0.717) is 18.8 Å². The molecule has 49 nitrogen and oxygen atoms in total. The normalized spacial score (nSPS) is 32.9. The number of hydrogen-bond acceptors (Lipinski definition) is 38. The molecular formula is C88H94F2N6O43P10. The summed E-state index contributed by atoms with van der Waals surface area (Å²) in [5, 5.41) is 37.9. The van der Waals surface area contributed by atoms with Crippen LogP contribution in [-0.4, -0.2) is 161 Å². The lowest BCUT2D eigenvalue weighted by Crippen LogP contribution is -2.38. The third-order valence-corrected chi connectivity index (χ3v) is 45.9. The molecule has 6 saturated heterocycles. The molecule has 0 spiro atoms. The maximum atomic E-state index is 14.1. The number of aliphatic hydroxyl groups is 5. The molecule has 18 rings (SSSR count). The van der Waals surface area contributed by atoms with Gasteiger partial charge in [0, 0.05) is 135 Å². The Hall–Kier alpha value is -9.70. The number of aryl methyl sites for hydroxylation is 1. The Morgan fingerprint density at radius 1 is 0.383 bits per heavy atom. The number of carbonyl (C=O) groups excluding carboxylic acids is 3. The first-order valence-electron chi connectivity index (χ1n) is 43.9. The molecule has 798 valence electrons. The lowest BCUT2D eigenvalue weighted by Gasteiger charge is -2.41. The number of hydrogen-bond donors (Lipinski definition) is 15. The number of halogens is 2. The molecule has 5 aromatic heterocycles. The molecule has 1 saturated carbocycles. The molecule has 0 radical (unpaired) electrons. The molecule has 149 heavy (non-hydrogen) atoms. The van der Waals surface area contributed by atoms with Gasteiger partial charge in [-0.1, -0.05) is 72.3 Å². The molecular weight excluding hydrogens is 2180 g/mol. The van der Waals surface area contributed by atoms with Gasteiger partial charge in [-0.2, -0.15) is 0 Å². The average molecular weight is 2270 g/mol. The molecule has 15 N–H and O–H groups in total. The number of aromatic nitrogens is 5. The second kappa shape index (κ2) is 45.1. The summed E-state index contributed by atoms with van der Waals surface area (Å²) in [4.78, 5) is 159. The fourth-order valence-corrected chi connectivity index (χ4v) is 32.6. The van der Waals surface area contributed by atoms with Crippen molar-refractivity contribution < 1.29 is 212 Å². The van der Waals surface area contributed by atoms with Gasteiger partial charge in [0.25, 0.3) is 31.4 Å². The van der Waals surface area contributed by atoms with Crippen LogP contribution in [0.15, 0.2) is 250 Å². The minimum absolute atomic E-state index is 0.0316. The van der Waals surface area contributed by atoms with Crippen molar-refractivity contribution in [1.82, 2.24) is 29.8 Å². The van der Waals surface area contributed by atoms with E-state index >= 15 is 0 Å². The number of nitrogens with zero attached hydrogens (tertiary/aromatic N) is 6. The van der Waals surface area contributed by atoms with Crippen molar-refractivity contribution in [2.75, 3.05) is 13.1 Å². The van der Waals surface area contributed by atoms with Crippen LogP contribution in [0.5, 0.6) is 28.7 Å². The third kappa shape index (κ3) is 25.5. The second-order valence-electron chi connectivity index (χ2n) is 34.4. The van der Waals surface area contributed by atoms with Crippen molar-refractivity contribution in [3.63, 3.8) is 0 Å². The van der Waals surface area contributed by atoms with Gasteiger partial charge in [0.05, 0.1) is 11.5 Å². The first kappa shape index (κ1) is 115. The molecule has 1 amide bonds. The number of pyridine rings is 5. The summed E-state index contributed by atoms with van der Waals surface area (Å²) < 4.78 is 231. The average Bonchev–Trinajstić information content (AvgIpc) is 1.62. The standard InChI is InChI=1S/C20H24N2O9P2.C19H21NO9P2.C18H19NO9P2.C16H15NO9P2.C15H15F2NO7P2/c23-19(22-11-2-1-3-12-22)29-17-8-6-16(7-9-17)18-30-32(25,26)20(24,33(27,28)31-18)13-15-5-4-10-21-14-15;1-13(2)10-17(21)27-16-7-5-15(6-8-16)18-28-30(23,24)19(22,31(25,26)29-18)11-14-4-3-9-20-12-14;20-16(13-3-4-13)26-15-7-5-14(6-8-15)17-27-29(22,23)18(21,30(24,25)28-17)10-12-2-1-9-19-11-12;1-10-23-13-5-4-12(7-14(13)24-10)15-25-27(19,20)16(18,28(21,22)26-15)8-11-3-2-6-17-9-11;1-9-5-11(16)13(12(17)6-9)14-24-26(20,21)15(19,27(22,23)25-14)7-10-3-2-4-18-8-10/h4-10,14,18,24H,1-3,11-13H2,(H,25,26)(H,27,28);3-10,12,18,22H,11H2,1-2H3,(H,23,24)(H,25,26);1-2,5-9,11,13,17,21H,3-4,10H2,(H,22,23)(H,24,25);2-7,9,15,18H,1,8H2,(H,19,20)(H,21,22);2-6,8,14,19H,7H2,1H3,(H,20,21)(H,22,23). The molecule has 10 atom stereocenters. The summed E-state index contributed by atoms with van der Waals surface area (Å²) >= 11 is 0. The lowest BCUT2D eigenvalue weighted by molar-refractivity contribution is -0.135. The van der Waals surface area contributed by atoms with Gasteiger partial charge < -0.3 is 103 Å². The molecule has 7 fully saturated rings. The Balaban J connectivity index is 0.000000147. The number of carbonyl (C=O) groups is 3. The molecule has 10 unspecified atom stereocenters. The van der Waals surface area contributed by atoms with Crippen molar-refractivity contribution in [3.05, 3.63) is 323 Å². The first-order chi connectivity index (χ1) is 69.7. The Bertz CT molecular complexity index is 7030. The maximum Gasteiger partial charge on any atom is 0.415 e. The topological polar surface area (TPSA) is 732 Å². The van der Waals surface area contributed by atoms with Crippen LogP contribution in [0.1, 0.15) is 139 Å². The Labute approximate surface area is 844 Å². The fraction of sp³-hybridized carbons (Fsp3) is 0.295. The van der Waals surface area contributed by atoms with Crippen LogP contribution in [-0.2, 0) is 133 Å². The predicted octanol–water partition coefficient (Wildman–Crippen LogP) is 14.9. The highest BCUT2D eigenvalue weighted by molar-refractivity contribution is 7.75. The zero-order valence-corrected chi connectivity index (χ0v) is 86.6. The van der Waals surface area contributed by atoms with E-state index in [9.17, 15) is 143 Å². The number of fused-ring (bicyclic) bond motifs is 1. The van der Waals surface area contributed by atoms with Crippen molar-refractivity contribution in [2.45, 2.75) is 142 Å². The van der Waals surface area contributed by atoms with Gasteiger partial charge in [-0.15, -0.1) is 0 Å². The van der Waals surface area contributed by atoms with Gasteiger partial charge in [0.15, 0.2) is 11.5 Å². The van der Waals surface area contributed by atoms with Gasteiger partial charge in [-0.3, -0.25) is 121 Å². The first-order valence-corrected chi connectivity index (χ1v) is 59.7. The highest BCUT2D eigenvalue weighted by Crippen LogP contribution is 2.84. The quantitative estimate of drug-likeness (QED) is 0.0146. The number of ether oxygens (including phenoxy) is 5. The highest BCUT2D eigenvalue weighted by atomic mass is 31.3. The van der Waals surface area contributed by atoms with E-state index in [1.54, 1.807) is 18.7 Å². The smallest absolute Gasteiger partial charge is 0.415 e. The Morgan fingerprint density at radius 2 is 0.658 bits per heavy atom. The van der Waals surface area contributed by atoms with Crippen molar-refractivity contribution in [1.29, 1.82) is 0 Å². The van der Waals surface area contributed by atoms with E-state index in [2.05, 4.69) is 31.5 Å². The highest BCUT2D eigenvalue weighted by Gasteiger charge is 2.72. The van der Waals surface area contributed by atoms with Crippen LogP contribution >= 0.6 is 76.0 Å². The largest absolute Gasteiger partial charge is 0.426 e. The van der Waals surface area contributed by atoms with Crippen LogP contribution in [0, 0.1) is 24.5 Å².